The Balaban J connectivity index is 1.94. The molecule has 0 aliphatic rings. The molecule has 1 heterocycles. The Hall–Kier alpha value is -1.81. The van der Waals surface area contributed by atoms with Gasteiger partial charge in [-0.15, -0.1) is 0 Å². The van der Waals surface area contributed by atoms with Crippen LogP contribution in [0.25, 0.3) is 11.0 Å². The SMILES string of the molecule is CC(C)(CNCc1coc2ccccc12)CC(=O)O. The van der Waals surface area contributed by atoms with E-state index in [1.807, 2.05) is 38.1 Å². The average Bonchev–Trinajstić information content (AvgIpc) is 2.71. The minimum atomic E-state index is -0.763. The van der Waals surface area contributed by atoms with Gasteiger partial charge in [-0.05, 0) is 11.5 Å². The highest BCUT2D eigenvalue weighted by atomic mass is 16.4. The predicted molar refractivity (Wildman–Crippen MR) is 74.0 cm³/mol. The quantitative estimate of drug-likeness (QED) is 0.839. The molecule has 0 aliphatic carbocycles. The second-order valence-corrected chi connectivity index (χ2v) is 5.60. The van der Waals surface area contributed by atoms with E-state index >= 15 is 0 Å². The number of rotatable bonds is 6. The molecule has 0 spiro atoms. The number of nitrogens with one attached hydrogen (secondary N) is 1. The van der Waals surface area contributed by atoms with Gasteiger partial charge in [0.1, 0.15) is 5.58 Å². The van der Waals surface area contributed by atoms with E-state index in [2.05, 4.69) is 5.32 Å². The van der Waals surface area contributed by atoms with Crippen molar-refractivity contribution in [3.63, 3.8) is 0 Å². The van der Waals surface area contributed by atoms with Crippen molar-refractivity contribution in [3.8, 4) is 0 Å². The molecule has 0 saturated carbocycles. The highest BCUT2D eigenvalue weighted by Crippen LogP contribution is 2.22. The number of carbonyl (C=O) groups is 1. The lowest BCUT2D eigenvalue weighted by molar-refractivity contribution is -0.139. The van der Waals surface area contributed by atoms with E-state index in [1.165, 1.54) is 0 Å². The molecule has 102 valence electrons. The van der Waals surface area contributed by atoms with Crippen molar-refractivity contribution in [1.29, 1.82) is 0 Å². The Labute approximate surface area is 112 Å². The number of furan rings is 1. The first-order valence-corrected chi connectivity index (χ1v) is 6.35. The van der Waals surface area contributed by atoms with Crippen molar-refractivity contribution in [2.24, 2.45) is 5.41 Å². The molecule has 0 bridgehead atoms. The Morgan fingerprint density at radius 1 is 1.37 bits per heavy atom. The van der Waals surface area contributed by atoms with Gasteiger partial charge in [0.25, 0.3) is 0 Å². The molecule has 2 rings (SSSR count). The summed E-state index contributed by atoms with van der Waals surface area (Å²) in [7, 11) is 0. The van der Waals surface area contributed by atoms with Crippen LogP contribution in [0.2, 0.25) is 0 Å². The van der Waals surface area contributed by atoms with Crippen LogP contribution >= 0.6 is 0 Å². The summed E-state index contributed by atoms with van der Waals surface area (Å²) >= 11 is 0. The summed E-state index contributed by atoms with van der Waals surface area (Å²) < 4.78 is 5.46. The van der Waals surface area contributed by atoms with Gasteiger partial charge in [-0.3, -0.25) is 4.79 Å². The van der Waals surface area contributed by atoms with Crippen LogP contribution in [0.5, 0.6) is 0 Å². The second kappa shape index (κ2) is 5.45. The average molecular weight is 261 g/mol. The lowest BCUT2D eigenvalue weighted by Gasteiger charge is -2.22. The highest BCUT2D eigenvalue weighted by Gasteiger charge is 2.21. The maximum absolute atomic E-state index is 10.7. The molecule has 0 amide bonds. The number of para-hydroxylation sites is 1. The molecule has 0 fully saturated rings. The van der Waals surface area contributed by atoms with Crippen LogP contribution in [0, 0.1) is 5.41 Å². The van der Waals surface area contributed by atoms with Gasteiger partial charge in [-0.1, -0.05) is 32.0 Å². The van der Waals surface area contributed by atoms with E-state index in [0.29, 0.717) is 13.1 Å². The van der Waals surface area contributed by atoms with Crippen LogP contribution in [0.15, 0.2) is 34.9 Å². The molecule has 0 saturated heterocycles. The molecule has 0 atom stereocenters. The van der Waals surface area contributed by atoms with E-state index in [0.717, 1.165) is 16.5 Å². The number of hydrogen-bond donors (Lipinski definition) is 2. The summed E-state index contributed by atoms with van der Waals surface area (Å²) in [4.78, 5) is 10.7. The van der Waals surface area contributed by atoms with Crippen molar-refractivity contribution >= 4 is 16.9 Å². The lowest BCUT2D eigenvalue weighted by Crippen LogP contribution is -2.31. The lowest BCUT2D eigenvalue weighted by atomic mass is 9.89. The number of carboxylic acid groups (broad SMARTS) is 1. The zero-order valence-corrected chi connectivity index (χ0v) is 11.3. The Morgan fingerprint density at radius 3 is 2.84 bits per heavy atom. The fourth-order valence-corrected chi connectivity index (χ4v) is 2.18. The van der Waals surface area contributed by atoms with Crippen molar-refractivity contribution in [3.05, 3.63) is 36.1 Å². The molecule has 2 aromatic rings. The summed E-state index contributed by atoms with van der Waals surface area (Å²) in [6, 6.07) is 7.89. The van der Waals surface area contributed by atoms with Crippen LogP contribution in [0.3, 0.4) is 0 Å². The molecule has 4 heteroatoms. The van der Waals surface area contributed by atoms with Crippen LogP contribution < -0.4 is 5.32 Å². The summed E-state index contributed by atoms with van der Waals surface area (Å²) in [5, 5.41) is 13.2. The third kappa shape index (κ3) is 3.58. The number of hydrogen-bond acceptors (Lipinski definition) is 3. The van der Waals surface area contributed by atoms with Gasteiger partial charge in [0.05, 0.1) is 12.7 Å². The first kappa shape index (κ1) is 13.6. The normalized spacial score (nSPS) is 11.9. The summed E-state index contributed by atoms with van der Waals surface area (Å²) in [6.45, 7) is 5.22. The van der Waals surface area contributed by atoms with Gasteiger partial charge in [0.2, 0.25) is 0 Å². The summed E-state index contributed by atoms with van der Waals surface area (Å²) in [6.07, 6.45) is 1.91. The van der Waals surface area contributed by atoms with Crippen LogP contribution in [0.4, 0.5) is 0 Å². The number of carboxylic acids is 1. The Morgan fingerprint density at radius 2 is 2.11 bits per heavy atom. The van der Waals surface area contributed by atoms with E-state index in [1.54, 1.807) is 6.26 Å². The summed E-state index contributed by atoms with van der Waals surface area (Å²) in [5.74, 6) is -0.763. The topological polar surface area (TPSA) is 62.5 Å². The summed E-state index contributed by atoms with van der Waals surface area (Å²) in [5.41, 5.74) is 1.72. The van der Waals surface area contributed by atoms with Gasteiger partial charge >= 0.3 is 5.97 Å². The maximum atomic E-state index is 10.7. The van der Waals surface area contributed by atoms with Gasteiger partial charge in [0.15, 0.2) is 0 Å². The van der Waals surface area contributed by atoms with Gasteiger partial charge in [0, 0.05) is 24.0 Å². The van der Waals surface area contributed by atoms with Gasteiger partial charge in [-0.2, -0.15) is 0 Å². The van der Waals surface area contributed by atoms with E-state index in [4.69, 9.17) is 9.52 Å². The fourth-order valence-electron chi connectivity index (χ4n) is 2.18. The van der Waals surface area contributed by atoms with E-state index < -0.39 is 5.97 Å². The molecule has 0 radical (unpaired) electrons. The molecular formula is C15H19NO3. The molecule has 1 aromatic heterocycles. The molecule has 2 N–H and O–H groups in total. The smallest absolute Gasteiger partial charge is 0.303 e. The third-order valence-corrected chi connectivity index (χ3v) is 3.11. The predicted octanol–water partition coefficient (Wildman–Crippen LogP) is 3.02. The van der Waals surface area contributed by atoms with E-state index in [9.17, 15) is 4.79 Å². The van der Waals surface area contributed by atoms with Crippen molar-refractivity contribution in [2.45, 2.75) is 26.8 Å². The number of aliphatic carboxylic acids is 1. The van der Waals surface area contributed by atoms with Gasteiger partial charge < -0.3 is 14.8 Å². The van der Waals surface area contributed by atoms with Crippen molar-refractivity contribution in [2.75, 3.05) is 6.54 Å². The zero-order valence-electron chi connectivity index (χ0n) is 11.3. The monoisotopic (exact) mass is 261 g/mol. The number of fused-ring (bicyclic) bond motifs is 1. The molecule has 0 unspecified atom stereocenters. The highest BCUT2D eigenvalue weighted by molar-refractivity contribution is 5.80. The zero-order chi connectivity index (χ0) is 13.9. The molecule has 4 nitrogen and oxygen atoms in total. The number of benzene rings is 1. The Bertz CT molecular complexity index is 572. The van der Waals surface area contributed by atoms with Crippen LogP contribution in [-0.4, -0.2) is 17.6 Å². The first-order valence-electron chi connectivity index (χ1n) is 6.35. The van der Waals surface area contributed by atoms with Crippen molar-refractivity contribution < 1.29 is 14.3 Å². The fraction of sp³-hybridized carbons (Fsp3) is 0.400. The standard InChI is InChI=1S/C15H19NO3/c1-15(2,7-14(17)18)10-16-8-11-9-19-13-6-4-3-5-12(11)13/h3-6,9,16H,7-8,10H2,1-2H3,(H,17,18). The molecular weight excluding hydrogens is 242 g/mol. The van der Waals surface area contributed by atoms with E-state index in [-0.39, 0.29) is 11.8 Å². The van der Waals surface area contributed by atoms with Gasteiger partial charge in [-0.25, -0.2) is 0 Å². The first-order chi connectivity index (χ1) is 8.98. The van der Waals surface area contributed by atoms with Crippen LogP contribution in [-0.2, 0) is 11.3 Å². The van der Waals surface area contributed by atoms with Crippen LogP contribution in [0.1, 0.15) is 25.8 Å². The molecule has 1 aromatic carbocycles. The minimum Gasteiger partial charge on any atom is -0.481 e. The minimum absolute atomic E-state index is 0.159. The second-order valence-electron chi connectivity index (χ2n) is 5.60. The Kier molecular flexibility index (Phi) is 3.90. The molecule has 19 heavy (non-hydrogen) atoms. The van der Waals surface area contributed by atoms with Crippen molar-refractivity contribution in [1.82, 2.24) is 5.32 Å². The maximum Gasteiger partial charge on any atom is 0.303 e. The largest absolute Gasteiger partial charge is 0.481 e. The molecule has 0 aliphatic heterocycles. The third-order valence-electron chi connectivity index (χ3n) is 3.11.